The molecule has 0 atom stereocenters. The van der Waals surface area contributed by atoms with Gasteiger partial charge >= 0.3 is 6.18 Å². The van der Waals surface area contributed by atoms with E-state index in [1.165, 1.54) is 6.20 Å². The smallest absolute Gasteiger partial charge is 0.409 e. The minimum Gasteiger partial charge on any atom is -0.618 e. The summed E-state index contributed by atoms with van der Waals surface area (Å²) in [5.74, 6) is -0.826. The van der Waals surface area contributed by atoms with E-state index in [1.807, 2.05) is 0 Å². The minimum atomic E-state index is -4.50. The molecule has 2 N–H and O–H groups in total. The lowest BCUT2D eigenvalue weighted by atomic mass is 10.3. The van der Waals surface area contributed by atoms with Crippen molar-refractivity contribution in [2.24, 2.45) is 0 Å². The molecule has 5 nitrogen and oxygen atoms in total. The van der Waals surface area contributed by atoms with E-state index in [2.05, 4.69) is 10.6 Å². The highest BCUT2D eigenvalue weighted by Gasteiger charge is 2.22. The number of carbonyl (C=O) groups is 1. The molecule has 1 amide bonds. The van der Waals surface area contributed by atoms with Gasteiger partial charge in [0.15, 0.2) is 6.20 Å². The number of hydrogen-bond donors (Lipinski definition) is 2. The number of amides is 1. The second-order valence-corrected chi connectivity index (χ2v) is 3.93. The van der Waals surface area contributed by atoms with Crippen LogP contribution in [0.5, 0.6) is 0 Å². The van der Waals surface area contributed by atoms with Crippen LogP contribution in [0.2, 0.25) is 0 Å². The summed E-state index contributed by atoms with van der Waals surface area (Å²) in [7, 11) is 0. The topological polar surface area (TPSA) is 68.1 Å². The highest BCUT2D eigenvalue weighted by molar-refractivity contribution is 5.87. The van der Waals surface area contributed by atoms with Crippen LogP contribution in [-0.4, -0.2) is 25.2 Å². The largest absolute Gasteiger partial charge is 0.618 e. The summed E-state index contributed by atoms with van der Waals surface area (Å²) in [6.07, 6.45) is -2.85. The van der Waals surface area contributed by atoms with Gasteiger partial charge in [0, 0.05) is 38.2 Å². The summed E-state index contributed by atoms with van der Waals surface area (Å²) in [5.41, 5.74) is 1.07. The summed E-state index contributed by atoms with van der Waals surface area (Å²) in [6.45, 7) is 2.05. The molecular formula is C12H14F3N3O2. The maximum absolute atomic E-state index is 11.8. The molecule has 0 unspecified atom stereocenters. The fourth-order valence-corrected chi connectivity index (χ4v) is 1.37. The van der Waals surface area contributed by atoms with Crippen LogP contribution in [0, 0.1) is 12.1 Å². The van der Waals surface area contributed by atoms with E-state index in [0.29, 0.717) is 22.2 Å². The Morgan fingerprint density at radius 3 is 2.80 bits per heavy atom. The standard InChI is InChI=1S/C12H14F3N3O2/c1-9-10(3-2-8-18(9)20)16-6-7-17-11(19)4-5-12(13,14)15/h2-5,8,16H,6-7H2,1H3,(H,17,19). The molecule has 1 aromatic heterocycles. The van der Waals surface area contributed by atoms with Crippen molar-refractivity contribution in [2.45, 2.75) is 13.1 Å². The molecule has 0 radical (unpaired) electrons. The zero-order valence-corrected chi connectivity index (χ0v) is 10.7. The number of allylic oxidation sites excluding steroid dienone is 1. The van der Waals surface area contributed by atoms with Crippen LogP contribution in [0.4, 0.5) is 18.9 Å². The van der Waals surface area contributed by atoms with Gasteiger partial charge in [-0.1, -0.05) is 0 Å². The Kier molecular flexibility index (Phi) is 5.36. The van der Waals surface area contributed by atoms with Crippen LogP contribution in [0.25, 0.3) is 0 Å². The van der Waals surface area contributed by atoms with Gasteiger partial charge in [-0.25, -0.2) is 0 Å². The Hall–Kier alpha value is -2.25. The fraction of sp³-hybridized carbons (Fsp3) is 0.333. The van der Waals surface area contributed by atoms with Crippen molar-refractivity contribution in [1.29, 1.82) is 0 Å². The van der Waals surface area contributed by atoms with Gasteiger partial charge in [0.1, 0.15) is 5.69 Å². The monoisotopic (exact) mass is 289 g/mol. The van der Waals surface area contributed by atoms with E-state index in [9.17, 15) is 23.2 Å². The van der Waals surface area contributed by atoms with Gasteiger partial charge in [0.05, 0.1) is 0 Å². The molecule has 0 bridgehead atoms. The summed E-state index contributed by atoms with van der Waals surface area (Å²) in [4.78, 5) is 11.0. The van der Waals surface area contributed by atoms with E-state index in [4.69, 9.17) is 0 Å². The first-order valence-corrected chi connectivity index (χ1v) is 5.76. The van der Waals surface area contributed by atoms with Crippen molar-refractivity contribution in [2.75, 3.05) is 18.4 Å². The highest BCUT2D eigenvalue weighted by atomic mass is 19.4. The predicted octanol–water partition coefficient (Wildman–Crippen LogP) is 1.28. The normalized spacial score (nSPS) is 11.6. The molecule has 0 saturated carbocycles. The molecule has 0 saturated heterocycles. The Labute approximate surface area is 113 Å². The molecule has 1 rings (SSSR count). The van der Waals surface area contributed by atoms with E-state index < -0.39 is 12.1 Å². The molecule has 0 spiro atoms. The Morgan fingerprint density at radius 2 is 2.15 bits per heavy atom. The Balaban J connectivity index is 2.34. The lowest BCUT2D eigenvalue weighted by Gasteiger charge is -2.09. The van der Waals surface area contributed by atoms with Gasteiger partial charge in [-0.3, -0.25) is 4.79 Å². The molecule has 1 heterocycles. The molecule has 1 aromatic rings. The van der Waals surface area contributed by atoms with Crippen molar-refractivity contribution in [1.82, 2.24) is 5.32 Å². The number of carbonyl (C=O) groups excluding carboxylic acids is 1. The van der Waals surface area contributed by atoms with Crippen molar-refractivity contribution in [3.63, 3.8) is 0 Å². The third-order valence-electron chi connectivity index (χ3n) is 2.37. The molecule has 0 aromatic carbocycles. The molecule has 0 fully saturated rings. The van der Waals surface area contributed by atoms with Gasteiger partial charge < -0.3 is 15.8 Å². The van der Waals surface area contributed by atoms with Crippen LogP contribution in [0.3, 0.4) is 0 Å². The molecule has 0 aliphatic heterocycles. The fourth-order valence-electron chi connectivity index (χ4n) is 1.37. The third kappa shape index (κ3) is 5.59. The van der Waals surface area contributed by atoms with Crippen molar-refractivity contribution < 1.29 is 22.7 Å². The Morgan fingerprint density at radius 1 is 1.45 bits per heavy atom. The van der Waals surface area contributed by atoms with Crippen LogP contribution in [0.15, 0.2) is 30.5 Å². The second kappa shape index (κ2) is 6.78. The molecule has 0 aliphatic carbocycles. The maximum atomic E-state index is 11.8. The minimum absolute atomic E-state index is 0.128. The summed E-state index contributed by atoms with van der Waals surface area (Å²) in [6, 6.07) is 3.25. The zero-order valence-electron chi connectivity index (χ0n) is 10.7. The average Bonchev–Trinajstić information content (AvgIpc) is 2.36. The number of hydrogen-bond acceptors (Lipinski definition) is 3. The van der Waals surface area contributed by atoms with Crippen LogP contribution in [-0.2, 0) is 4.79 Å². The lowest BCUT2D eigenvalue weighted by molar-refractivity contribution is -0.611. The quantitative estimate of drug-likeness (QED) is 0.371. The first-order chi connectivity index (χ1) is 9.29. The van der Waals surface area contributed by atoms with E-state index >= 15 is 0 Å². The van der Waals surface area contributed by atoms with Crippen LogP contribution >= 0.6 is 0 Å². The number of aromatic nitrogens is 1. The molecule has 0 aliphatic rings. The van der Waals surface area contributed by atoms with E-state index in [0.717, 1.165) is 0 Å². The average molecular weight is 289 g/mol. The lowest BCUT2D eigenvalue weighted by Crippen LogP contribution is -2.32. The zero-order chi connectivity index (χ0) is 15.2. The van der Waals surface area contributed by atoms with Gasteiger partial charge in [-0.05, 0) is 6.07 Å². The van der Waals surface area contributed by atoms with Crippen molar-refractivity contribution in [3.8, 4) is 0 Å². The van der Waals surface area contributed by atoms with Gasteiger partial charge in [0.25, 0.3) is 0 Å². The molecule has 20 heavy (non-hydrogen) atoms. The Bertz CT molecular complexity index is 501. The number of halogens is 3. The molecule has 110 valence electrons. The molecule has 8 heteroatoms. The number of nitrogens with zero attached hydrogens (tertiary/aromatic N) is 1. The van der Waals surface area contributed by atoms with E-state index in [1.54, 1.807) is 19.1 Å². The first-order valence-electron chi connectivity index (χ1n) is 5.76. The highest BCUT2D eigenvalue weighted by Crippen LogP contribution is 2.15. The summed E-state index contributed by atoms with van der Waals surface area (Å²) < 4.78 is 36.1. The predicted molar refractivity (Wildman–Crippen MR) is 66.8 cm³/mol. The van der Waals surface area contributed by atoms with Gasteiger partial charge in [-0.15, -0.1) is 0 Å². The van der Waals surface area contributed by atoms with Crippen molar-refractivity contribution >= 4 is 11.6 Å². The summed E-state index contributed by atoms with van der Waals surface area (Å²) >= 11 is 0. The summed E-state index contributed by atoms with van der Waals surface area (Å²) in [5, 5.41) is 16.4. The number of anilines is 1. The third-order valence-corrected chi connectivity index (χ3v) is 2.37. The number of rotatable bonds is 5. The number of alkyl halides is 3. The van der Waals surface area contributed by atoms with Crippen LogP contribution in [0.1, 0.15) is 5.69 Å². The second-order valence-electron chi connectivity index (χ2n) is 3.93. The van der Waals surface area contributed by atoms with Crippen LogP contribution < -0.4 is 15.4 Å². The number of pyridine rings is 1. The van der Waals surface area contributed by atoms with Gasteiger partial charge in [-0.2, -0.15) is 17.9 Å². The maximum Gasteiger partial charge on any atom is 0.409 e. The van der Waals surface area contributed by atoms with E-state index in [-0.39, 0.29) is 19.2 Å². The van der Waals surface area contributed by atoms with Gasteiger partial charge in [0.2, 0.25) is 11.6 Å². The SMILES string of the molecule is Cc1c(NCCNC(=O)C=CC(F)(F)F)ccc[n+]1[O-]. The van der Waals surface area contributed by atoms with Crippen molar-refractivity contribution in [3.05, 3.63) is 41.4 Å². The number of nitrogens with one attached hydrogen (secondary N) is 2. The molecular weight excluding hydrogens is 275 g/mol. The first kappa shape index (κ1) is 15.8.